The quantitative estimate of drug-likeness (QED) is 0.763. The van der Waals surface area contributed by atoms with Crippen LogP contribution in [-0.4, -0.2) is 37.3 Å². The van der Waals surface area contributed by atoms with Crippen LogP contribution in [-0.2, 0) is 16.1 Å². The first kappa shape index (κ1) is 15.6. The van der Waals surface area contributed by atoms with E-state index in [0.717, 1.165) is 46.6 Å². The van der Waals surface area contributed by atoms with E-state index in [1.54, 1.807) is 0 Å². The van der Waals surface area contributed by atoms with Crippen molar-refractivity contribution in [3.8, 4) is 11.5 Å². The molecule has 1 aromatic rings. The Bertz CT molecular complexity index is 606. The number of rotatable bonds is 4. The Labute approximate surface area is 138 Å². The van der Waals surface area contributed by atoms with Gasteiger partial charge in [0.2, 0.25) is 0 Å². The van der Waals surface area contributed by atoms with Crippen LogP contribution in [0.1, 0.15) is 24.5 Å². The van der Waals surface area contributed by atoms with Crippen molar-refractivity contribution in [1.82, 2.24) is 4.90 Å². The number of carbonyl (C=O) groups is 1. The Hall–Kier alpha value is -1.27. The molecule has 0 aliphatic carbocycles. The molecule has 2 aliphatic rings. The number of nitrogens with zero attached hydrogens (tertiary/aromatic N) is 1. The lowest BCUT2D eigenvalue weighted by atomic mass is 9.99. The van der Waals surface area contributed by atoms with Crippen molar-refractivity contribution < 1.29 is 19.0 Å². The van der Waals surface area contributed by atoms with E-state index in [9.17, 15) is 4.79 Å². The van der Waals surface area contributed by atoms with Crippen LogP contribution in [0.25, 0.3) is 0 Å². The first-order valence-electron chi connectivity index (χ1n) is 7.38. The van der Waals surface area contributed by atoms with E-state index >= 15 is 0 Å². The number of halogens is 1. The van der Waals surface area contributed by atoms with Gasteiger partial charge in [0.25, 0.3) is 12.3 Å². The van der Waals surface area contributed by atoms with Crippen LogP contribution < -0.4 is 9.47 Å². The van der Waals surface area contributed by atoms with Crippen molar-refractivity contribution in [2.45, 2.75) is 32.7 Å². The molecule has 120 valence electrons. The number of carbonyl (C=O) groups excluding carboxylic acids is 1. The van der Waals surface area contributed by atoms with Crippen LogP contribution >= 0.6 is 15.9 Å². The fraction of sp³-hybridized carbons (Fsp3) is 0.562. The molecule has 1 aromatic carbocycles. The summed E-state index contributed by atoms with van der Waals surface area (Å²) in [6, 6.07) is 1.92. The molecule has 0 amide bonds. The Morgan fingerprint density at radius 3 is 2.86 bits per heavy atom. The zero-order chi connectivity index (χ0) is 15.9. The molecular weight excluding hydrogens is 350 g/mol. The van der Waals surface area contributed by atoms with Gasteiger partial charge in [-0.15, -0.1) is 0 Å². The molecule has 22 heavy (non-hydrogen) atoms. The topological polar surface area (TPSA) is 48.0 Å². The molecule has 0 saturated carbocycles. The highest BCUT2D eigenvalue weighted by Crippen LogP contribution is 2.50. The van der Waals surface area contributed by atoms with E-state index in [1.807, 2.05) is 19.9 Å². The number of hydrogen-bond donors (Lipinski definition) is 0. The molecule has 0 N–H and O–H groups in total. The van der Waals surface area contributed by atoms with Gasteiger partial charge in [-0.3, -0.25) is 4.79 Å². The first-order valence-corrected chi connectivity index (χ1v) is 8.17. The molecule has 2 heterocycles. The van der Waals surface area contributed by atoms with E-state index in [0.29, 0.717) is 12.4 Å². The summed E-state index contributed by atoms with van der Waals surface area (Å²) >= 11 is 3.54. The lowest BCUT2D eigenvalue weighted by Gasteiger charge is -2.29. The van der Waals surface area contributed by atoms with Crippen molar-refractivity contribution in [1.29, 1.82) is 0 Å². The van der Waals surface area contributed by atoms with Crippen molar-refractivity contribution >= 4 is 22.4 Å². The number of hydrogen-bond acceptors (Lipinski definition) is 5. The summed E-state index contributed by atoms with van der Waals surface area (Å²) in [6.45, 7) is 6.67. The minimum absolute atomic E-state index is 0.230. The molecule has 5 nitrogen and oxygen atoms in total. The molecule has 3 rings (SSSR count). The van der Waals surface area contributed by atoms with Gasteiger partial charge < -0.3 is 19.1 Å². The average molecular weight is 370 g/mol. The monoisotopic (exact) mass is 369 g/mol. The SMILES string of the molecule is Cc1c(COC=O)cc(Br)c2c1OC(C)(C1CCN(C)C1)O2. The van der Waals surface area contributed by atoms with Crippen LogP contribution in [0, 0.1) is 12.8 Å². The second-order valence-corrected chi connectivity index (χ2v) is 7.03. The summed E-state index contributed by atoms with van der Waals surface area (Å²) in [5.41, 5.74) is 1.87. The van der Waals surface area contributed by atoms with E-state index in [2.05, 4.69) is 27.9 Å². The smallest absolute Gasteiger partial charge is 0.293 e. The van der Waals surface area contributed by atoms with E-state index < -0.39 is 5.79 Å². The van der Waals surface area contributed by atoms with Gasteiger partial charge in [-0.2, -0.15) is 0 Å². The Kier molecular flexibility index (Phi) is 4.07. The number of likely N-dealkylation sites (tertiary alicyclic amines) is 1. The normalized spacial score (nSPS) is 27.2. The molecule has 0 spiro atoms. The van der Waals surface area contributed by atoms with E-state index in [4.69, 9.17) is 14.2 Å². The van der Waals surface area contributed by atoms with Gasteiger partial charge in [-0.05, 0) is 54.5 Å². The molecule has 0 bridgehead atoms. The molecule has 1 saturated heterocycles. The third-order valence-electron chi connectivity index (χ3n) is 4.60. The Morgan fingerprint density at radius 1 is 1.50 bits per heavy atom. The molecular formula is C16H20BrNO4. The summed E-state index contributed by atoms with van der Waals surface area (Å²) in [5.74, 6) is 1.16. The van der Waals surface area contributed by atoms with Gasteiger partial charge in [0.05, 0.1) is 4.47 Å². The minimum atomic E-state index is -0.648. The van der Waals surface area contributed by atoms with Crippen LogP contribution in [0.5, 0.6) is 11.5 Å². The van der Waals surface area contributed by atoms with Crippen molar-refractivity contribution in [2.75, 3.05) is 20.1 Å². The lowest BCUT2D eigenvalue weighted by molar-refractivity contribution is -0.129. The van der Waals surface area contributed by atoms with Crippen LogP contribution in [0.4, 0.5) is 0 Å². The minimum Gasteiger partial charge on any atom is -0.463 e. The van der Waals surface area contributed by atoms with Crippen molar-refractivity contribution in [2.24, 2.45) is 5.92 Å². The average Bonchev–Trinajstić information content (AvgIpc) is 3.06. The van der Waals surface area contributed by atoms with Gasteiger partial charge in [0.15, 0.2) is 11.5 Å². The molecule has 2 atom stereocenters. The largest absolute Gasteiger partial charge is 0.463 e. The number of fused-ring (bicyclic) bond motifs is 1. The zero-order valence-electron chi connectivity index (χ0n) is 13.0. The highest BCUT2D eigenvalue weighted by molar-refractivity contribution is 9.10. The fourth-order valence-corrected chi connectivity index (χ4v) is 3.74. The maximum atomic E-state index is 10.4. The second-order valence-electron chi connectivity index (χ2n) is 6.18. The van der Waals surface area contributed by atoms with Gasteiger partial charge in [0, 0.05) is 24.9 Å². The van der Waals surface area contributed by atoms with Crippen molar-refractivity contribution in [3.63, 3.8) is 0 Å². The zero-order valence-corrected chi connectivity index (χ0v) is 14.6. The fourth-order valence-electron chi connectivity index (χ4n) is 3.20. The van der Waals surface area contributed by atoms with E-state index in [1.165, 1.54) is 0 Å². The van der Waals surface area contributed by atoms with Crippen LogP contribution in [0.15, 0.2) is 10.5 Å². The summed E-state index contributed by atoms with van der Waals surface area (Å²) in [5, 5.41) is 0. The highest BCUT2D eigenvalue weighted by Gasteiger charge is 2.47. The maximum absolute atomic E-state index is 10.4. The third-order valence-corrected chi connectivity index (χ3v) is 5.18. The third kappa shape index (κ3) is 2.58. The summed E-state index contributed by atoms with van der Waals surface area (Å²) in [6.07, 6.45) is 1.05. The summed E-state index contributed by atoms with van der Waals surface area (Å²) in [4.78, 5) is 12.7. The maximum Gasteiger partial charge on any atom is 0.293 e. The number of ether oxygens (including phenoxy) is 3. The highest BCUT2D eigenvalue weighted by atomic mass is 79.9. The molecule has 6 heteroatoms. The van der Waals surface area contributed by atoms with Gasteiger partial charge in [-0.25, -0.2) is 0 Å². The van der Waals surface area contributed by atoms with Crippen LogP contribution in [0.2, 0.25) is 0 Å². The second kappa shape index (κ2) is 5.74. The first-order chi connectivity index (χ1) is 10.4. The predicted molar refractivity (Wildman–Crippen MR) is 85.0 cm³/mol. The Balaban J connectivity index is 1.90. The van der Waals surface area contributed by atoms with Crippen molar-refractivity contribution in [3.05, 3.63) is 21.7 Å². The molecule has 0 aromatic heterocycles. The van der Waals surface area contributed by atoms with E-state index in [-0.39, 0.29) is 6.61 Å². The molecule has 0 radical (unpaired) electrons. The number of benzene rings is 1. The molecule has 2 unspecified atom stereocenters. The predicted octanol–water partition coefficient (Wildman–Crippen LogP) is 2.87. The molecule has 1 fully saturated rings. The summed E-state index contributed by atoms with van der Waals surface area (Å²) < 4.78 is 18.1. The van der Waals surface area contributed by atoms with Gasteiger partial charge in [-0.1, -0.05) is 0 Å². The lowest BCUT2D eigenvalue weighted by Crippen LogP contribution is -2.44. The summed E-state index contributed by atoms with van der Waals surface area (Å²) in [7, 11) is 2.11. The molecule has 2 aliphatic heterocycles. The van der Waals surface area contributed by atoms with Gasteiger partial charge in [0.1, 0.15) is 6.61 Å². The standard InChI is InChI=1S/C16H20BrNO4/c1-10-11(8-20-9-19)6-13(17)15-14(10)21-16(2,22-15)12-4-5-18(3)7-12/h6,9,12H,4-5,7-8H2,1-3H3. The Morgan fingerprint density at radius 2 is 2.23 bits per heavy atom. The van der Waals surface area contributed by atoms with Crippen LogP contribution in [0.3, 0.4) is 0 Å². The van der Waals surface area contributed by atoms with Gasteiger partial charge >= 0.3 is 0 Å².